The molecule has 166 valence electrons. The van der Waals surface area contributed by atoms with Gasteiger partial charge in [-0.15, -0.1) is 0 Å². The normalized spacial score (nSPS) is 18.4. The maximum atomic E-state index is 15.0. The van der Waals surface area contributed by atoms with Crippen LogP contribution in [-0.4, -0.2) is 72.2 Å². The van der Waals surface area contributed by atoms with Crippen molar-refractivity contribution in [2.24, 2.45) is 0 Å². The van der Waals surface area contributed by atoms with Crippen molar-refractivity contribution < 1.29 is 17.6 Å². The lowest BCUT2D eigenvalue weighted by molar-refractivity contribution is 0.168. The van der Waals surface area contributed by atoms with Crippen LogP contribution in [0.15, 0.2) is 42.7 Å². The van der Waals surface area contributed by atoms with E-state index in [4.69, 9.17) is 0 Å². The zero-order valence-corrected chi connectivity index (χ0v) is 17.8. The second-order valence-corrected chi connectivity index (χ2v) is 9.46. The molecule has 2 saturated heterocycles. The first-order valence-corrected chi connectivity index (χ1v) is 11.6. The summed E-state index contributed by atoms with van der Waals surface area (Å²) in [6.07, 6.45) is 3.99. The van der Waals surface area contributed by atoms with Gasteiger partial charge in [-0.1, -0.05) is 12.1 Å². The Labute approximate surface area is 181 Å². The quantitative estimate of drug-likeness (QED) is 0.704. The molecule has 1 aromatic heterocycles. The lowest BCUT2D eigenvalue weighted by atomic mass is 10.1. The zero-order chi connectivity index (χ0) is 21.8. The van der Waals surface area contributed by atoms with Crippen LogP contribution in [0.3, 0.4) is 0 Å². The molecule has 11 heteroatoms. The number of urea groups is 1. The first kappa shape index (κ1) is 21.6. The van der Waals surface area contributed by atoms with E-state index in [1.165, 1.54) is 20.9 Å². The van der Waals surface area contributed by atoms with E-state index in [0.29, 0.717) is 57.1 Å². The maximum Gasteiger partial charge on any atom is 0.323 e. The SMILES string of the molecule is O=C(Nc1cccnc1)Nc1cccc(CN2CCN(S(=O)(=O)N3CCC3)CC2)c1F. The summed E-state index contributed by atoms with van der Waals surface area (Å²) in [6.45, 7) is 3.31. The fourth-order valence-electron chi connectivity index (χ4n) is 3.56. The van der Waals surface area contributed by atoms with Crippen molar-refractivity contribution in [2.75, 3.05) is 49.9 Å². The number of amides is 2. The van der Waals surface area contributed by atoms with Gasteiger partial charge in [0, 0.05) is 57.6 Å². The standard InChI is InChI=1S/C20H25FN6O3S/c21-19-16(4-1-6-18(19)24-20(28)23-17-5-2-7-22-14-17)15-25-10-12-27(13-11-25)31(29,30)26-8-3-9-26/h1-2,4-7,14H,3,8-13,15H2,(H2,23,24,28). The van der Waals surface area contributed by atoms with Gasteiger partial charge >= 0.3 is 6.03 Å². The Bertz CT molecular complexity index is 1020. The highest BCUT2D eigenvalue weighted by Gasteiger charge is 2.35. The molecule has 0 radical (unpaired) electrons. The van der Waals surface area contributed by atoms with Crippen LogP contribution in [0, 0.1) is 5.82 Å². The minimum atomic E-state index is -3.37. The van der Waals surface area contributed by atoms with Crippen LogP contribution < -0.4 is 10.6 Å². The van der Waals surface area contributed by atoms with E-state index in [9.17, 15) is 17.6 Å². The molecule has 0 unspecified atom stereocenters. The Morgan fingerprint density at radius 3 is 2.39 bits per heavy atom. The number of carbonyl (C=O) groups is 1. The number of nitrogens with zero attached hydrogens (tertiary/aromatic N) is 4. The van der Waals surface area contributed by atoms with Gasteiger partial charge in [0.1, 0.15) is 0 Å². The number of piperazine rings is 1. The van der Waals surface area contributed by atoms with Gasteiger partial charge in [0.25, 0.3) is 10.2 Å². The van der Waals surface area contributed by atoms with E-state index in [2.05, 4.69) is 15.6 Å². The third kappa shape index (κ3) is 5.01. The van der Waals surface area contributed by atoms with Gasteiger partial charge in [0.05, 0.1) is 17.6 Å². The number of aromatic nitrogens is 1. The second kappa shape index (κ2) is 9.27. The van der Waals surface area contributed by atoms with Gasteiger partial charge in [-0.2, -0.15) is 17.0 Å². The number of hydrogen-bond acceptors (Lipinski definition) is 5. The van der Waals surface area contributed by atoms with Crippen LogP contribution in [0.1, 0.15) is 12.0 Å². The molecule has 4 rings (SSSR count). The monoisotopic (exact) mass is 448 g/mol. The molecular formula is C20H25FN6O3S. The van der Waals surface area contributed by atoms with Crippen LogP contribution in [0.5, 0.6) is 0 Å². The topological polar surface area (TPSA) is 97.9 Å². The minimum absolute atomic E-state index is 0.0814. The molecule has 1 aromatic carbocycles. The predicted molar refractivity (Wildman–Crippen MR) is 115 cm³/mol. The van der Waals surface area contributed by atoms with Crippen molar-refractivity contribution in [3.05, 3.63) is 54.1 Å². The van der Waals surface area contributed by atoms with E-state index in [-0.39, 0.29) is 5.69 Å². The first-order valence-electron chi connectivity index (χ1n) is 10.2. The minimum Gasteiger partial charge on any atom is -0.306 e. The van der Waals surface area contributed by atoms with Crippen molar-refractivity contribution in [3.8, 4) is 0 Å². The maximum absolute atomic E-state index is 15.0. The summed E-state index contributed by atoms with van der Waals surface area (Å²) in [4.78, 5) is 18.1. The number of nitrogens with one attached hydrogen (secondary N) is 2. The van der Waals surface area contributed by atoms with E-state index in [1.54, 1.807) is 30.5 Å². The van der Waals surface area contributed by atoms with Crippen molar-refractivity contribution in [3.63, 3.8) is 0 Å². The third-order valence-corrected chi connectivity index (χ3v) is 7.47. The molecule has 0 aliphatic carbocycles. The molecular weight excluding hydrogens is 423 g/mol. The molecule has 31 heavy (non-hydrogen) atoms. The highest BCUT2D eigenvalue weighted by Crippen LogP contribution is 2.22. The van der Waals surface area contributed by atoms with Crippen LogP contribution in [0.2, 0.25) is 0 Å². The smallest absolute Gasteiger partial charge is 0.306 e. The van der Waals surface area contributed by atoms with Crippen LogP contribution in [0.4, 0.5) is 20.6 Å². The summed E-state index contributed by atoms with van der Waals surface area (Å²) in [7, 11) is -3.37. The summed E-state index contributed by atoms with van der Waals surface area (Å²) in [5.74, 6) is -0.500. The molecule has 2 aromatic rings. The molecule has 2 fully saturated rings. The van der Waals surface area contributed by atoms with Gasteiger partial charge in [0.15, 0.2) is 5.82 Å². The molecule has 3 heterocycles. The average molecular weight is 449 g/mol. The Balaban J connectivity index is 1.34. The summed E-state index contributed by atoms with van der Waals surface area (Å²) >= 11 is 0. The second-order valence-electron chi connectivity index (χ2n) is 7.54. The Morgan fingerprint density at radius 1 is 1.00 bits per heavy atom. The molecule has 2 aliphatic rings. The fraction of sp³-hybridized carbons (Fsp3) is 0.400. The van der Waals surface area contributed by atoms with Crippen molar-refractivity contribution in [2.45, 2.75) is 13.0 Å². The van der Waals surface area contributed by atoms with Crippen molar-refractivity contribution in [1.82, 2.24) is 18.5 Å². The van der Waals surface area contributed by atoms with Crippen molar-refractivity contribution >= 4 is 27.6 Å². The number of rotatable bonds is 6. The number of pyridine rings is 1. The molecule has 0 atom stereocenters. The lowest BCUT2D eigenvalue weighted by Crippen LogP contribution is -2.55. The number of hydrogen-bond donors (Lipinski definition) is 2. The summed E-state index contributed by atoms with van der Waals surface area (Å²) in [6, 6.07) is 7.66. The fourth-order valence-corrected chi connectivity index (χ4v) is 5.23. The van der Waals surface area contributed by atoms with Gasteiger partial charge < -0.3 is 10.6 Å². The van der Waals surface area contributed by atoms with E-state index in [1.807, 2.05) is 4.90 Å². The molecule has 2 aliphatic heterocycles. The summed E-state index contributed by atoms with van der Waals surface area (Å²) in [5.41, 5.74) is 1.03. The summed E-state index contributed by atoms with van der Waals surface area (Å²) in [5, 5.41) is 5.12. The largest absolute Gasteiger partial charge is 0.323 e. The number of benzene rings is 1. The molecule has 2 N–H and O–H groups in total. The Kier molecular flexibility index (Phi) is 6.46. The van der Waals surface area contributed by atoms with E-state index >= 15 is 0 Å². The molecule has 0 bridgehead atoms. The van der Waals surface area contributed by atoms with Crippen molar-refractivity contribution in [1.29, 1.82) is 0 Å². The number of anilines is 2. The predicted octanol–water partition coefficient (Wildman–Crippen LogP) is 1.93. The van der Waals surface area contributed by atoms with Gasteiger partial charge in [0.2, 0.25) is 0 Å². The molecule has 0 spiro atoms. The lowest BCUT2D eigenvalue weighted by Gasteiger charge is -2.39. The van der Waals surface area contributed by atoms with E-state index < -0.39 is 22.1 Å². The van der Waals surface area contributed by atoms with Gasteiger partial charge in [-0.3, -0.25) is 9.88 Å². The zero-order valence-electron chi connectivity index (χ0n) is 17.0. The molecule has 9 nitrogen and oxygen atoms in total. The third-order valence-electron chi connectivity index (χ3n) is 5.44. The first-order chi connectivity index (χ1) is 14.9. The highest BCUT2D eigenvalue weighted by molar-refractivity contribution is 7.86. The number of halogens is 1. The van der Waals surface area contributed by atoms with Crippen LogP contribution in [-0.2, 0) is 16.8 Å². The molecule has 2 amide bonds. The Morgan fingerprint density at radius 2 is 1.74 bits per heavy atom. The highest BCUT2D eigenvalue weighted by atomic mass is 32.2. The average Bonchev–Trinajstić information content (AvgIpc) is 2.70. The Hall–Kier alpha value is -2.60. The van der Waals surface area contributed by atoms with E-state index in [0.717, 1.165) is 6.42 Å². The number of carbonyl (C=O) groups excluding carboxylic acids is 1. The van der Waals surface area contributed by atoms with Crippen LogP contribution in [0.25, 0.3) is 0 Å². The summed E-state index contributed by atoms with van der Waals surface area (Å²) < 4.78 is 42.9. The molecule has 0 saturated carbocycles. The van der Waals surface area contributed by atoms with Gasteiger partial charge in [-0.05, 0) is 24.6 Å². The van der Waals surface area contributed by atoms with Gasteiger partial charge in [-0.25, -0.2) is 9.18 Å². The van der Waals surface area contributed by atoms with Crippen LogP contribution >= 0.6 is 0 Å².